The number of amides is 1. The van der Waals surface area contributed by atoms with E-state index in [9.17, 15) is 4.79 Å². The molecule has 0 saturated carbocycles. The fourth-order valence-corrected chi connectivity index (χ4v) is 1.79. The number of hydrogen-bond acceptors (Lipinski definition) is 5. The Morgan fingerprint density at radius 3 is 2.71 bits per heavy atom. The highest BCUT2D eigenvalue weighted by molar-refractivity contribution is 5.95. The Labute approximate surface area is 122 Å². The number of pyridine rings is 1. The molecular weight excluding hydrogens is 268 g/mol. The van der Waals surface area contributed by atoms with Gasteiger partial charge in [-0.1, -0.05) is 12.1 Å². The van der Waals surface area contributed by atoms with Gasteiger partial charge in [-0.2, -0.15) is 5.26 Å². The number of nitriles is 1. The summed E-state index contributed by atoms with van der Waals surface area (Å²) in [6.07, 6.45) is 1.56. The number of ether oxygens (including phenoxy) is 1. The number of carbonyl (C=O) groups is 1. The molecule has 0 aliphatic rings. The first kappa shape index (κ1) is 14.3. The van der Waals surface area contributed by atoms with Crippen LogP contribution in [-0.4, -0.2) is 18.0 Å². The molecule has 106 valence electrons. The van der Waals surface area contributed by atoms with Crippen LogP contribution in [0.5, 0.6) is 5.88 Å². The minimum Gasteiger partial charge on any atom is -0.480 e. The zero-order valence-electron chi connectivity index (χ0n) is 11.5. The molecule has 6 heteroatoms. The predicted molar refractivity (Wildman–Crippen MR) is 77.8 cm³/mol. The highest BCUT2D eigenvalue weighted by atomic mass is 16.5. The molecule has 3 N–H and O–H groups in total. The minimum absolute atomic E-state index is 0.200. The van der Waals surface area contributed by atoms with Crippen LogP contribution in [0.1, 0.15) is 21.5 Å². The number of nitrogens with two attached hydrogens (primary N) is 1. The first-order valence-electron chi connectivity index (χ1n) is 6.21. The second kappa shape index (κ2) is 6.39. The molecule has 1 aromatic heterocycles. The fourth-order valence-electron chi connectivity index (χ4n) is 1.79. The van der Waals surface area contributed by atoms with Gasteiger partial charge in [0.25, 0.3) is 5.91 Å². The van der Waals surface area contributed by atoms with Gasteiger partial charge in [0.1, 0.15) is 5.56 Å². The van der Waals surface area contributed by atoms with E-state index in [-0.39, 0.29) is 11.4 Å². The van der Waals surface area contributed by atoms with Gasteiger partial charge in [-0.05, 0) is 23.8 Å². The zero-order valence-corrected chi connectivity index (χ0v) is 11.5. The van der Waals surface area contributed by atoms with Gasteiger partial charge >= 0.3 is 0 Å². The van der Waals surface area contributed by atoms with Gasteiger partial charge in [-0.25, -0.2) is 4.98 Å². The summed E-state index contributed by atoms with van der Waals surface area (Å²) < 4.78 is 4.98. The summed E-state index contributed by atoms with van der Waals surface area (Å²) in [5, 5.41) is 11.9. The molecule has 0 unspecified atom stereocenters. The van der Waals surface area contributed by atoms with Crippen molar-refractivity contribution in [3.05, 3.63) is 53.2 Å². The molecular formula is C15H14N4O2. The highest BCUT2D eigenvalue weighted by Gasteiger charge is 2.11. The van der Waals surface area contributed by atoms with Crippen LogP contribution in [0.15, 0.2) is 36.5 Å². The zero-order chi connectivity index (χ0) is 15.2. The number of rotatable bonds is 5. The molecule has 0 bridgehead atoms. The fraction of sp³-hybridized carbons (Fsp3) is 0.133. The molecule has 1 aromatic carbocycles. The van der Waals surface area contributed by atoms with Gasteiger partial charge in [-0.3, -0.25) is 4.79 Å². The van der Waals surface area contributed by atoms with Crippen LogP contribution in [-0.2, 0) is 6.54 Å². The van der Waals surface area contributed by atoms with Crippen LogP contribution in [0.4, 0.5) is 5.69 Å². The lowest BCUT2D eigenvalue weighted by Gasteiger charge is -2.09. The van der Waals surface area contributed by atoms with Gasteiger partial charge in [-0.15, -0.1) is 0 Å². The molecule has 6 nitrogen and oxygen atoms in total. The van der Waals surface area contributed by atoms with E-state index in [4.69, 9.17) is 15.7 Å². The summed E-state index contributed by atoms with van der Waals surface area (Å²) in [4.78, 5) is 15.4. The average molecular weight is 282 g/mol. The minimum atomic E-state index is -0.596. The number of primary amides is 1. The van der Waals surface area contributed by atoms with E-state index in [1.807, 2.05) is 12.1 Å². The lowest BCUT2D eigenvalue weighted by atomic mass is 10.1. The van der Waals surface area contributed by atoms with Gasteiger partial charge in [0.05, 0.1) is 30.6 Å². The van der Waals surface area contributed by atoms with Crippen molar-refractivity contribution in [2.75, 3.05) is 12.4 Å². The van der Waals surface area contributed by atoms with E-state index < -0.39 is 5.91 Å². The molecule has 0 aliphatic heterocycles. The van der Waals surface area contributed by atoms with Crippen molar-refractivity contribution >= 4 is 11.6 Å². The van der Waals surface area contributed by atoms with E-state index in [1.165, 1.54) is 7.11 Å². The normalized spacial score (nSPS) is 9.71. The van der Waals surface area contributed by atoms with Crippen LogP contribution >= 0.6 is 0 Å². The third-order valence-corrected chi connectivity index (χ3v) is 2.89. The maximum atomic E-state index is 11.3. The maximum Gasteiger partial charge on any atom is 0.254 e. The number of nitrogens with zero attached hydrogens (tertiary/aromatic N) is 2. The number of aromatic nitrogens is 1. The first-order valence-corrected chi connectivity index (χ1v) is 6.21. The summed E-state index contributed by atoms with van der Waals surface area (Å²) >= 11 is 0. The first-order chi connectivity index (χ1) is 10.1. The van der Waals surface area contributed by atoms with Gasteiger partial charge in [0.2, 0.25) is 5.88 Å². The highest BCUT2D eigenvalue weighted by Crippen LogP contribution is 2.19. The lowest BCUT2D eigenvalue weighted by Crippen LogP contribution is -2.14. The molecule has 1 heterocycles. The van der Waals surface area contributed by atoms with Crippen molar-refractivity contribution in [3.63, 3.8) is 0 Å². The van der Waals surface area contributed by atoms with E-state index >= 15 is 0 Å². The molecule has 0 fully saturated rings. The maximum absolute atomic E-state index is 11.3. The Morgan fingerprint density at radius 2 is 2.14 bits per heavy atom. The molecule has 0 spiro atoms. The summed E-state index contributed by atoms with van der Waals surface area (Å²) in [7, 11) is 1.43. The molecule has 0 radical (unpaired) electrons. The summed E-state index contributed by atoms with van der Waals surface area (Å²) in [5.41, 5.74) is 7.78. The standard InChI is InChI=1S/C15H14N4O2/c1-21-15-13(14(17)20)6-12(9-19-15)18-8-11-4-2-10(7-16)3-5-11/h2-6,9,18H,8H2,1H3,(H2,17,20). The number of nitrogens with one attached hydrogen (secondary N) is 1. The quantitative estimate of drug-likeness (QED) is 0.868. The summed E-state index contributed by atoms with van der Waals surface area (Å²) in [5.74, 6) is -0.396. The SMILES string of the molecule is COc1ncc(NCc2ccc(C#N)cc2)cc1C(N)=O. The predicted octanol–water partition coefficient (Wildman–Crippen LogP) is 1.67. The van der Waals surface area contributed by atoms with E-state index in [0.29, 0.717) is 17.8 Å². The number of benzene rings is 1. The van der Waals surface area contributed by atoms with Gasteiger partial charge in [0, 0.05) is 6.54 Å². The summed E-state index contributed by atoms with van der Waals surface area (Å²) in [6, 6.07) is 10.9. The van der Waals surface area contributed by atoms with Crippen LogP contribution < -0.4 is 15.8 Å². The number of carbonyl (C=O) groups excluding carboxylic acids is 1. The molecule has 0 saturated heterocycles. The summed E-state index contributed by atoms with van der Waals surface area (Å²) in [6.45, 7) is 0.540. The van der Waals surface area contributed by atoms with E-state index in [2.05, 4.69) is 16.4 Å². The van der Waals surface area contributed by atoms with Crippen LogP contribution in [0.25, 0.3) is 0 Å². The second-order valence-corrected chi connectivity index (χ2v) is 4.31. The van der Waals surface area contributed by atoms with Crippen molar-refractivity contribution in [2.24, 2.45) is 5.73 Å². The van der Waals surface area contributed by atoms with Gasteiger partial charge < -0.3 is 15.8 Å². The van der Waals surface area contributed by atoms with Crippen molar-refractivity contribution in [1.82, 2.24) is 4.98 Å². The Bertz CT molecular complexity index is 690. The molecule has 0 atom stereocenters. The van der Waals surface area contributed by atoms with E-state index in [0.717, 1.165) is 5.56 Å². The van der Waals surface area contributed by atoms with Crippen molar-refractivity contribution < 1.29 is 9.53 Å². The number of anilines is 1. The Morgan fingerprint density at radius 1 is 1.43 bits per heavy atom. The topological polar surface area (TPSA) is 101 Å². The molecule has 0 aliphatic carbocycles. The smallest absolute Gasteiger partial charge is 0.254 e. The van der Waals surface area contributed by atoms with Crippen molar-refractivity contribution in [1.29, 1.82) is 5.26 Å². The molecule has 2 rings (SSSR count). The second-order valence-electron chi connectivity index (χ2n) is 4.31. The Balaban J connectivity index is 2.11. The largest absolute Gasteiger partial charge is 0.480 e. The van der Waals surface area contributed by atoms with Crippen LogP contribution in [0, 0.1) is 11.3 Å². The molecule has 1 amide bonds. The molecule has 21 heavy (non-hydrogen) atoms. The Hall–Kier alpha value is -3.07. The van der Waals surface area contributed by atoms with Gasteiger partial charge in [0.15, 0.2) is 0 Å². The molecule has 2 aromatic rings. The Kier molecular flexibility index (Phi) is 4.36. The van der Waals surface area contributed by atoms with E-state index in [1.54, 1.807) is 24.4 Å². The average Bonchev–Trinajstić information content (AvgIpc) is 2.53. The van der Waals surface area contributed by atoms with Crippen LogP contribution in [0.2, 0.25) is 0 Å². The van der Waals surface area contributed by atoms with Crippen molar-refractivity contribution in [2.45, 2.75) is 6.54 Å². The van der Waals surface area contributed by atoms with Crippen molar-refractivity contribution in [3.8, 4) is 11.9 Å². The number of methoxy groups -OCH3 is 1. The number of hydrogen-bond donors (Lipinski definition) is 2. The monoisotopic (exact) mass is 282 g/mol. The lowest BCUT2D eigenvalue weighted by molar-refractivity contribution is 0.0996. The third kappa shape index (κ3) is 3.48. The third-order valence-electron chi connectivity index (χ3n) is 2.89. The van der Waals surface area contributed by atoms with Crippen LogP contribution in [0.3, 0.4) is 0 Å².